The van der Waals surface area contributed by atoms with Gasteiger partial charge in [0.25, 0.3) is 0 Å². The van der Waals surface area contributed by atoms with Crippen molar-refractivity contribution < 1.29 is 14.3 Å². The maximum Gasteiger partial charge on any atom is 0.364 e. The van der Waals surface area contributed by atoms with Crippen LogP contribution in [0.1, 0.15) is 27.7 Å². The fourth-order valence-corrected chi connectivity index (χ4v) is 3.36. The van der Waals surface area contributed by atoms with Crippen LogP contribution in [-0.4, -0.2) is 62.8 Å². The first-order valence-corrected chi connectivity index (χ1v) is 8.81. The summed E-state index contributed by atoms with van der Waals surface area (Å²) < 4.78 is 1.67. The van der Waals surface area contributed by atoms with Gasteiger partial charge >= 0.3 is 16.0 Å². The predicted octanol–water partition coefficient (Wildman–Crippen LogP) is 2.14. The monoisotopic (exact) mass is 354 g/mol. The van der Waals surface area contributed by atoms with Gasteiger partial charge in [-0.15, -0.1) is 0 Å². The molecule has 0 saturated heterocycles. The van der Waals surface area contributed by atoms with E-state index in [1.165, 1.54) is 6.20 Å². The molecule has 8 nitrogen and oxygen atoms in total. The minimum atomic E-state index is -0.468. The zero-order valence-electron chi connectivity index (χ0n) is 14.5. The van der Waals surface area contributed by atoms with Gasteiger partial charge in [-0.1, -0.05) is 32.7 Å². The fraction of sp³-hybridized carbons (Fsp3) is 0.667. The van der Waals surface area contributed by atoms with E-state index >= 15 is 0 Å². The van der Waals surface area contributed by atoms with Gasteiger partial charge in [0.2, 0.25) is 0 Å². The molecule has 1 amide bonds. The molecule has 24 heavy (non-hydrogen) atoms. The average molecular weight is 354 g/mol. The Bertz CT molecular complexity index is 631. The smallest absolute Gasteiger partial charge is 0.273 e. The van der Waals surface area contributed by atoms with E-state index in [1.807, 2.05) is 0 Å². The second-order valence-corrected chi connectivity index (χ2v) is 7.80. The standard InChI is InChI=1S/C15H24N5O3S/c1-11(2)6-17(7-12(3)4)9-19-10-18(8-13(19)21)15-16-5-14(24-15)20(22)23/h5,10-12H,6-9H2,1-4H3/q+1. The van der Waals surface area contributed by atoms with Crippen LogP contribution in [0.3, 0.4) is 0 Å². The molecule has 0 aliphatic carbocycles. The van der Waals surface area contributed by atoms with Crippen LogP contribution in [0.25, 0.3) is 0 Å². The Balaban J connectivity index is 2.10. The van der Waals surface area contributed by atoms with Crippen molar-refractivity contribution in [1.82, 2.24) is 14.8 Å². The topological polar surface area (TPSA) is 82.6 Å². The zero-order chi connectivity index (χ0) is 17.9. The van der Waals surface area contributed by atoms with E-state index in [0.717, 1.165) is 24.4 Å². The van der Waals surface area contributed by atoms with Crippen molar-refractivity contribution in [1.29, 1.82) is 0 Å². The van der Waals surface area contributed by atoms with Crippen molar-refractivity contribution in [3.8, 4) is 0 Å². The number of nitrogens with zero attached hydrogens (tertiary/aromatic N) is 5. The zero-order valence-corrected chi connectivity index (χ0v) is 15.3. The molecule has 0 atom stereocenters. The number of rotatable bonds is 8. The Hall–Kier alpha value is -1.87. The summed E-state index contributed by atoms with van der Waals surface area (Å²) in [6, 6.07) is 0. The number of carbonyl (C=O) groups excluding carboxylic acids is 1. The maximum absolute atomic E-state index is 12.3. The third-order valence-electron chi connectivity index (χ3n) is 3.41. The highest BCUT2D eigenvalue weighted by molar-refractivity contribution is 7.17. The van der Waals surface area contributed by atoms with Gasteiger partial charge in [-0.3, -0.25) is 19.8 Å². The summed E-state index contributed by atoms with van der Waals surface area (Å²) in [4.78, 5) is 30.5. The van der Waals surface area contributed by atoms with E-state index < -0.39 is 4.92 Å². The van der Waals surface area contributed by atoms with Gasteiger partial charge in [-0.2, -0.15) is 0 Å². The van der Waals surface area contributed by atoms with Crippen LogP contribution in [0.2, 0.25) is 0 Å². The molecule has 9 heteroatoms. The summed E-state index contributed by atoms with van der Waals surface area (Å²) in [5.41, 5.74) is 0. The number of hydrogen-bond acceptors (Lipinski definition) is 6. The quantitative estimate of drug-likeness (QED) is 0.406. The molecule has 132 valence electrons. The molecule has 1 aliphatic heterocycles. The van der Waals surface area contributed by atoms with E-state index in [4.69, 9.17) is 0 Å². The Morgan fingerprint density at radius 2 is 2.00 bits per heavy atom. The van der Waals surface area contributed by atoms with Crippen molar-refractivity contribution in [2.75, 3.05) is 26.3 Å². The number of amides is 1. The van der Waals surface area contributed by atoms with Crippen LogP contribution in [0.15, 0.2) is 6.20 Å². The summed E-state index contributed by atoms with van der Waals surface area (Å²) in [5.74, 6) is 1.00. The van der Waals surface area contributed by atoms with Crippen molar-refractivity contribution in [2.45, 2.75) is 27.7 Å². The molecule has 2 heterocycles. The predicted molar refractivity (Wildman–Crippen MR) is 92.6 cm³/mol. The second kappa shape index (κ2) is 7.80. The van der Waals surface area contributed by atoms with Crippen LogP contribution >= 0.6 is 11.3 Å². The van der Waals surface area contributed by atoms with Crippen LogP contribution in [-0.2, 0) is 4.79 Å². The van der Waals surface area contributed by atoms with Gasteiger partial charge in [0.05, 0.1) is 4.92 Å². The van der Waals surface area contributed by atoms with E-state index in [0.29, 0.717) is 23.6 Å². The minimum Gasteiger partial charge on any atom is -0.273 e. The maximum atomic E-state index is 12.3. The van der Waals surface area contributed by atoms with Gasteiger partial charge in [0.15, 0.2) is 19.1 Å². The lowest BCUT2D eigenvalue weighted by atomic mass is 10.1. The number of nitro groups is 1. The number of hydrogen-bond donors (Lipinski definition) is 0. The number of aromatic nitrogens is 1. The molecule has 0 saturated carbocycles. The third kappa shape index (κ3) is 4.81. The molecule has 0 unspecified atom stereocenters. The average Bonchev–Trinajstić information content (AvgIpc) is 3.05. The Morgan fingerprint density at radius 3 is 2.50 bits per heavy atom. The van der Waals surface area contributed by atoms with Gasteiger partial charge < -0.3 is 0 Å². The molecule has 1 aliphatic rings. The largest absolute Gasteiger partial charge is 0.364 e. The van der Waals surface area contributed by atoms with Crippen molar-refractivity contribution in [2.24, 2.45) is 11.8 Å². The molecule has 2 rings (SSSR count). The van der Waals surface area contributed by atoms with Crippen molar-refractivity contribution in [3.63, 3.8) is 0 Å². The molecule has 1 aromatic heterocycles. The van der Waals surface area contributed by atoms with Crippen LogP contribution in [0.4, 0.5) is 10.1 Å². The summed E-state index contributed by atoms with van der Waals surface area (Å²) in [7, 11) is 0. The second-order valence-electron chi connectivity index (χ2n) is 6.81. The van der Waals surface area contributed by atoms with Crippen LogP contribution < -0.4 is 0 Å². The van der Waals surface area contributed by atoms with Gasteiger partial charge in [0.1, 0.15) is 6.67 Å². The normalized spacial score (nSPS) is 15.0. The van der Waals surface area contributed by atoms with E-state index in [2.05, 4.69) is 37.6 Å². The highest BCUT2D eigenvalue weighted by atomic mass is 32.1. The lowest BCUT2D eigenvalue weighted by Gasteiger charge is -2.26. The van der Waals surface area contributed by atoms with Crippen molar-refractivity contribution >= 4 is 33.7 Å². The summed E-state index contributed by atoms with van der Waals surface area (Å²) in [6.07, 6.45) is 2.93. The third-order valence-corrected chi connectivity index (χ3v) is 4.40. The van der Waals surface area contributed by atoms with Gasteiger partial charge in [-0.05, 0) is 11.8 Å². The molecule has 1 aromatic rings. The van der Waals surface area contributed by atoms with Gasteiger partial charge in [0, 0.05) is 24.4 Å². The van der Waals surface area contributed by atoms with E-state index in [1.54, 1.807) is 15.8 Å². The van der Waals surface area contributed by atoms with Crippen LogP contribution in [0, 0.1) is 22.0 Å². The minimum absolute atomic E-state index is 0.0226. The molecular weight excluding hydrogens is 330 g/mol. The lowest BCUT2D eigenvalue weighted by Crippen LogP contribution is -2.42. The Labute approximate surface area is 145 Å². The molecule has 0 aromatic carbocycles. The molecule has 0 radical (unpaired) electrons. The molecule has 0 spiro atoms. The highest BCUT2D eigenvalue weighted by Gasteiger charge is 2.32. The summed E-state index contributed by atoms with van der Waals surface area (Å²) in [5, 5.41) is 11.2. The fourth-order valence-electron chi connectivity index (χ4n) is 2.65. The Morgan fingerprint density at radius 1 is 1.38 bits per heavy atom. The molecule has 0 bridgehead atoms. The molecule has 0 fully saturated rings. The summed E-state index contributed by atoms with van der Waals surface area (Å²) in [6.45, 7) is 11.2. The first-order valence-electron chi connectivity index (χ1n) is 8.00. The Kier molecular flexibility index (Phi) is 6.00. The highest BCUT2D eigenvalue weighted by Crippen LogP contribution is 2.27. The van der Waals surface area contributed by atoms with Gasteiger partial charge in [-0.25, -0.2) is 9.48 Å². The first-order chi connectivity index (χ1) is 11.3. The summed E-state index contributed by atoms with van der Waals surface area (Å²) >= 11 is 0.974. The number of carbonyl (C=O) groups is 1. The number of thiazole rings is 1. The van der Waals surface area contributed by atoms with Crippen molar-refractivity contribution in [3.05, 3.63) is 16.3 Å². The first kappa shape index (κ1) is 18.5. The lowest BCUT2D eigenvalue weighted by molar-refractivity contribution is -0.417. The van der Waals surface area contributed by atoms with E-state index in [9.17, 15) is 14.9 Å². The molecule has 0 N–H and O–H groups in total. The SMILES string of the molecule is CC(C)CN(CC(C)C)CN1C=[N+](c2ncc([N+](=O)[O-])s2)CC1=O. The molecular formula is C15H24N5O3S+. The van der Waals surface area contributed by atoms with Crippen LogP contribution in [0.5, 0.6) is 0 Å². The van der Waals surface area contributed by atoms with E-state index in [-0.39, 0.29) is 17.5 Å².